The standard InChI is InChI=1S/C14H14ClN5S/c1-2-12-13(16)18-19-20(12)7-9-8-21-14(17-9)10-5-3-4-6-11(10)15/h3-6,8H,2,7,16H2,1H3. The molecule has 108 valence electrons. The third-order valence-corrected chi connectivity index (χ3v) is 4.42. The predicted molar refractivity (Wildman–Crippen MR) is 85.5 cm³/mol. The van der Waals surface area contributed by atoms with Crippen LogP contribution in [0.4, 0.5) is 5.82 Å². The number of nitrogens with zero attached hydrogens (tertiary/aromatic N) is 4. The summed E-state index contributed by atoms with van der Waals surface area (Å²) < 4.78 is 1.79. The second kappa shape index (κ2) is 5.83. The van der Waals surface area contributed by atoms with Crippen LogP contribution in [0.1, 0.15) is 18.3 Å². The molecule has 1 aromatic carbocycles. The number of aromatic nitrogens is 4. The lowest BCUT2D eigenvalue weighted by Gasteiger charge is -2.02. The maximum absolute atomic E-state index is 6.20. The number of halogens is 1. The lowest BCUT2D eigenvalue weighted by Crippen LogP contribution is -2.07. The van der Waals surface area contributed by atoms with E-state index < -0.39 is 0 Å². The summed E-state index contributed by atoms with van der Waals surface area (Å²) in [7, 11) is 0. The molecule has 5 nitrogen and oxygen atoms in total. The molecule has 0 aliphatic heterocycles. The van der Waals surface area contributed by atoms with E-state index in [1.54, 1.807) is 16.0 Å². The minimum Gasteiger partial charge on any atom is -0.381 e. The second-order valence-corrected chi connectivity index (χ2v) is 5.82. The van der Waals surface area contributed by atoms with E-state index in [0.717, 1.165) is 28.4 Å². The van der Waals surface area contributed by atoms with Crippen LogP contribution in [0.2, 0.25) is 5.02 Å². The molecular weight excluding hydrogens is 306 g/mol. The van der Waals surface area contributed by atoms with Gasteiger partial charge in [-0.15, -0.1) is 16.4 Å². The molecule has 0 radical (unpaired) electrons. The first-order valence-corrected chi connectivity index (χ1v) is 7.82. The van der Waals surface area contributed by atoms with E-state index in [1.165, 1.54) is 0 Å². The lowest BCUT2D eigenvalue weighted by molar-refractivity contribution is 0.614. The van der Waals surface area contributed by atoms with Crippen molar-refractivity contribution in [2.75, 3.05) is 5.73 Å². The van der Waals surface area contributed by atoms with Crippen LogP contribution in [0.3, 0.4) is 0 Å². The maximum atomic E-state index is 6.20. The first kappa shape index (κ1) is 14.0. The van der Waals surface area contributed by atoms with Gasteiger partial charge in [-0.3, -0.25) is 0 Å². The highest BCUT2D eigenvalue weighted by Crippen LogP contribution is 2.30. The van der Waals surface area contributed by atoms with Crippen molar-refractivity contribution < 1.29 is 0 Å². The molecule has 0 atom stereocenters. The fraction of sp³-hybridized carbons (Fsp3) is 0.214. The molecule has 0 saturated carbocycles. The van der Waals surface area contributed by atoms with Gasteiger partial charge in [-0.2, -0.15) is 0 Å². The Morgan fingerprint density at radius 2 is 2.14 bits per heavy atom. The monoisotopic (exact) mass is 319 g/mol. The van der Waals surface area contributed by atoms with Crippen molar-refractivity contribution in [2.45, 2.75) is 19.9 Å². The number of hydrogen-bond acceptors (Lipinski definition) is 5. The van der Waals surface area contributed by atoms with Crippen LogP contribution in [0.5, 0.6) is 0 Å². The van der Waals surface area contributed by atoms with Gasteiger partial charge in [0.1, 0.15) is 5.01 Å². The Labute approximate surface area is 131 Å². The second-order valence-electron chi connectivity index (χ2n) is 4.56. The topological polar surface area (TPSA) is 69.6 Å². The van der Waals surface area contributed by atoms with Crippen molar-refractivity contribution in [3.63, 3.8) is 0 Å². The Balaban J connectivity index is 1.87. The van der Waals surface area contributed by atoms with Gasteiger partial charge in [-0.05, 0) is 12.5 Å². The van der Waals surface area contributed by atoms with Gasteiger partial charge in [0.15, 0.2) is 5.82 Å². The Morgan fingerprint density at radius 1 is 1.33 bits per heavy atom. The summed E-state index contributed by atoms with van der Waals surface area (Å²) in [6.45, 7) is 2.59. The highest BCUT2D eigenvalue weighted by molar-refractivity contribution is 7.13. The van der Waals surface area contributed by atoms with Gasteiger partial charge in [0, 0.05) is 10.9 Å². The highest BCUT2D eigenvalue weighted by Gasteiger charge is 2.12. The smallest absolute Gasteiger partial charge is 0.169 e. The molecule has 0 spiro atoms. The minimum absolute atomic E-state index is 0.485. The van der Waals surface area contributed by atoms with Crippen molar-refractivity contribution >= 4 is 28.8 Å². The Hall–Kier alpha value is -1.92. The Morgan fingerprint density at radius 3 is 2.90 bits per heavy atom. The molecule has 3 aromatic rings. The molecule has 0 unspecified atom stereocenters. The highest BCUT2D eigenvalue weighted by atomic mass is 35.5. The van der Waals surface area contributed by atoms with Crippen molar-refractivity contribution in [3.05, 3.63) is 46.1 Å². The zero-order valence-electron chi connectivity index (χ0n) is 11.5. The zero-order chi connectivity index (χ0) is 14.8. The minimum atomic E-state index is 0.485. The largest absolute Gasteiger partial charge is 0.381 e. The third-order valence-electron chi connectivity index (χ3n) is 3.17. The van der Waals surface area contributed by atoms with Crippen LogP contribution in [0.25, 0.3) is 10.6 Å². The number of nitrogens with two attached hydrogens (primary N) is 1. The maximum Gasteiger partial charge on any atom is 0.169 e. The fourth-order valence-electron chi connectivity index (χ4n) is 2.13. The van der Waals surface area contributed by atoms with Gasteiger partial charge >= 0.3 is 0 Å². The first-order valence-electron chi connectivity index (χ1n) is 6.56. The van der Waals surface area contributed by atoms with E-state index in [1.807, 2.05) is 36.6 Å². The summed E-state index contributed by atoms with van der Waals surface area (Å²) in [6, 6.07) is 7.70. The van der Waals surface area contributed by atoms with Crippen LogP contribution in [0, 0.1) is 0 Å². The molecule has 7 heteroatoms. The van der Waals surface area contributed by atoms with Crippen molar-refractivity contribution in [3.8, 4) is 10.6 Å². The zero-order valence-corrected chi connectivity index (χ0v) is 13.0. The third kappa shape index (κ3) is 2.77. The molecule has 0 saturated heterocycles. The average Bonchev–Trinajstić information content (AvgIpc) is 3.07. The summed E-state index contributed by atoms with van der Waals surface area (Å²) in [5.74, 6) is 0.485. The van der Waals surface area contributed by atoms with Gasteiger partial charge in [0.05, 0.1) is 23.0 Å². The average molecular weight is 320 g/mol. The van der Waals surface area contributed by atoms with E-state index in [-0.39, 0.29) is 0 Å². The van der Waals surface area contributed by atoms with E-state index in [0.29, 0.717) is 17.4 Å². The predicted octanol–water partition coefficient (Wildman–Crippen LogP) is 3.25. The molecule has 2 heterocycles. The molecule has 0 fully saturated rings. The Bertz CT molecular complexity index is 764. The van der Waals surface area contributed by atoms with Crippen LogP contribution in [-0.2, 0) is 13.0 Å². The van der Waals surface area contributed by atoms with Gasteiger partial charge in [-0.1, -0.05) is 41.9 Å². The molecule has 3 rings (SSSR count). The van der Waals surface area contributed by atoms with E-state index in [2.05, 4.69) is 15.3 Å². The molecule has 2 N–H and O–H groups in total. The van der Waals surface area contributed by atoms with E-state index >= 15 is 0 Å². The summed E-state index contributed by atoms with van der Waals surface area (Å²) in [5.41, 5.74) is 8.60. The van der Waals surface area contributed by atoms with Gasteiger partial charge in [-0.25, -0.2) is 9.67 Å². The molecule has 0 amide bonds. The summed E-state index contributed by atoms with van der Waals surface area (Å²) in [4.78, 5) is 4.63. The lowest BCUT2D eigenvalue weighted by atomic mass is 10.2. The fourth-order valence-corrected chi connectivity index (χ4v) is 3.26. The van der Waals surface area contributed by atoms with Crippen LogP contribution >= 0.6 is 22.9 Å². The number of hydrogen-bond donors (Lipinski definition) is 1. The van der Waals surface area contributed by atoms with Crippen LogP contribution in [0.15, 0.2) is 29.6 Å². The quantitative estimate of drug-likeness (QED) is 0.801. The molecule has 0 bridgehead atoms. The number of nitrogen functional groups attached to an aromatic ring is 1. The number of thiazole rings is 1. The van der Waals surface area contributed by atoms with Crippen LogP contribution in [-0.4, -0.2) is 20.0 Å². The SMILES string of the molecule is CCc1c(N)nnn1Cc1csc(-c2ccccc2Cl)n1. The number of rotatable bonds is 4. The number of benzene rings is 1. The van der Waals surface area contributed by atoms with Crippen molar-refractivity contribution in [1.29, 1.82) is 0 Å². The van der Waals surface area contributed by atoms with Gasteiger partial charge in [0.2, 0.25) is 0 Å². The molecule has 0 aliphatic rings. The van der Waals surface area contributed by atoms with E-state index in [4.69, 9.17) is 17.3 Å². The van der Waals surface area contributed by atoms with Crippen molar-refractivity contribution in [1.82, 2.24) is 20.0 Å². The molecule has 0 aliphatic carbocycles. The van der Waals surface area contributed by atoms with Gasteiger partial charge in [0.25, 0.3) is 0 Å². The van der Waals surface area contributed by atoms with Crippen molar-refractivity contribution in [2.24, 2.45) is 0 Å². The van der Waals surface area contributed by atoms with Crippen LogP contribution < -0.4 is 5.73 Å². The molecule has 21 heavy (non-hydrogen) atoms. The first-order chi connectivity index (χ1) is 10.2. The number of anilines is 1. The Kier molecular flexibility index (Phi) is 3.90. The van der Waals surface area contributed by atoms with E-state index in [9.17, 15) is 0 Å². The van der Waals surface area contributed by atoms with Gasteiger partial charge < -0.3 is 5.73 Å². The molecule has 2 aromatic heterocycles. The normalized spacial score (nSPS) is 11.0. The molecular formula is C14H14ClN5S. The summed E-state index contributed by atoms with van der Waals surface area (Å²) >= 11 is 7.77. The summed E-state index contributed by atoms with van der Waals surface area (Å²) in [6.07, 6.45) is 0.792. The summed E-state index contributed by atoms with van der Waals surface area (Å²) in [5, 5.41) is 11.6.